The van der Waals surface area contributed by atoms with Crippen molar-refractivity contribution in [3.63, 3.8) is 0 Å². The van der Waals surface area contributed by atoms with Gasteiger partial charge in [0.2, 0.25) is 17.8 Å². The van der Waals surface area contributed by atoms with E-state index in [-0.39, 0.29) is 17.8 Å². The molecule has 148 valence electrons. The zero-order chi connectivity index (χ0) is 20.8. The lowest BCUT2D eigenvalue weighted by Crippen LogP contribution is -2.10. The molecule has 0 aliphatic rings. The van der Waals surface area contributed by atoms with Crippen molar-refractivity contribution in [2.75, 3.05) is 11.1 Å². The van der Waals surface area contributed by atoms with Gasteiger partial charge in [0, 0.05) is 11.9 Å². The first-order chi connectivity index (χ1) is 13.7. The average molecular weight is 421 g/mol. The molecule has 12 heteroatoms. The molecule has 0 atom stereocenters. The fourth-order valence-corrected chi connectivity index (χ4v) is 2.86. The van der Waals surface area contributed by atoms with Gasteiger partial charge in [0.05, 0.1) is 16.1 Å². The molecule has 4 aromatic rings. The molecule has 3 N–H and O–H groups in total. The molecule has 0 aliphatic carbocycles. The lowest BCUT2D eigenvalue weighted by molar-refractivity contribution is -0.137. The predicted octanol–water partition coefficient (Wildman–Crippen LogP) is 3.91. The van der Waals surface area contributed by atoms with E-state index in [2.05, 4.69) is 30.2 Å². The molecule has 0 unspecified atom stereocenters. The number of imidazole rings is 1. The van der Waals surface area contributed by atoms with Crippen LogP contribution in [0.4, 0.5) is 30.8 Å². The Morgan fingerprint density at radius 2 is 1.79 bits per heavy atom. The SMILES string of the molecule is Cc1nc2ncc(Cl)cc2n1-c1nc(N)nc(Nc2ccc(C(F)(F)F)cc2)n1. The summed E-state index contributed by atoms with van der Waals surface area (Å²) in [6.45, 7) is 1.73. The third-order valence-electron chi connectivity index (χ3n) is 3.96. The summed E-state index contributed by atoms with van der Waals surface area (Å²) in [5.74, 6) is 0.681. The first kappa shape index (κ1) is 18.9. The van der Waals surface area contributed by atoms with E-state index >= 15 is 0 Å². The van der Waals surface area contributed by atoms with Gasteiger partial charge < -0.3 is 11.1 Å². The summed E-state index contributed by atoms with van der Waals surface area (Å²) in [6.07, 6.45) is -2.95. The number of aryl methyl sites for hydroxylation is 1. The molecule has 0 radical (unpaired) electrons. The molecule has 1 aromatic carbocycles. The number of hydrogen-bond donors (Lipinski definition) is 2. The van der Waals surface area contributed by atoms with Gasteiger partial charge in [-0.2, -0.15) is 28.1 Å². The molecule has 0 saturated heterocycles. The summed E-state index contributed by atoms with van der Waals surface area (Å²) < 4.78 is 39.7. The Balaban J connectivity index is 1.72. The summed E-state index contributed by atoms with van der Waals surface area (Å²) in [6, 6.07) is 6.10. The predicted molar refractivity (Wildman–Crippen MR) is 101 cm³/mol. The smallest absolute Gasteiger partial charge is 0.368 e. The van der Waals surface area contributed by atoms with E-state index in [1.165, 1.54) is 18.3 Å². The first-order valence-corrected chi connectivity index (χ1v) is 8.55. The normalized spacial score (nSPS) is 11.8. The van der Waals surface area contributed by atoms with Crippen molar-refractivity contribution in [1.82, 2.24) is 29.5 Å². The van der Waals surface area contributed by atoms with Crippen LogP contribution < -0.4 is 11.1 Å². The molecular weight excluding hydrogens is 409 g/mol. The van der Waals surface area contributed by atoms with E-state index in [0.29, 0.717) is 27.7 Å². The fourth-order valence-electron chi connectivity index (χ4n) is 2.71. The minimum atomic E-state index is -4.42. The quantitative estimate of drug-likeness (QED) is 0.517. The van der Waals surface area contributed by atoms with Gasteiger partial charge in [-0.15, -0.1) is 0 Å². The number of nitrogens with two attached hydrogens (primary N) is 1. The van der Waals surface area contributed by atoms with E-state index in [1.807, 2.05) is 0 Å². The van der Waals surface area contributed by atoms with Gasteiger partial charge in [0.1, 0.15) is 5.82 Å². The van der Waals surface area contributed by atoms with Crippen LogP contribution >= 0.6 is 11.6 Å². The summed E-state index contributed by atoms with van der Waals surface area (Å²) in [5, 5.41) is 3.23. The fraction of sp³-hybridized carbons (Fsp3) is 0.118. The summed E-state index contributed by atoms with van der Waals surface area (Å²) in [4.78, 5) is 20.9. The van der Waals surface area contributed by atoms with Gasteiger partial charge in [-0.1, -0.05) is 11.6 Å². The molecule has 0 aliphatic heterocycles. The van der Waals surface area contributed by atoms with Crippen molar-refractivity contribution in [3.05, 3.63) is 52.9 Å². The Hall–Kier alpha value is -3.47. The maximum Gasteiger partial charge on any atom is 0.416 e. The average Bonchev–Trinajstić information content (AvgIpc) is 2.96. The van der Waals surface area contributed by atoms with Crippen molar-refractivity contribution in [2.45, 2.75) is 13.1 Å². The van der Waals surface area contributed by atoms with Gasteiger partial charge in [-0.25, -0.2) is 9.97 Å². The Bertz CT molecular complexity index is 1200. The highest BCUT2D eigenvalue weighted by Gasteiger charge is 2.30. The minimum absolute atomic E-state index is 0.0588. The highest BCUT2D eigenvalue weighted by atomic mass is 35.5. The highest BCUT2D eigenvalue weighted by Crippen LogP contribution is 2.30. The second kappa shape index (κ2) is 6.85. The van der Waals surface area contributed by atoms with E-state index in [9.17, 15) is 13.2 Å². The standard InChI is InChI=1S/C17H12ClF3N8/c1-8-24-13-12(6-10(18)7-23-13)29(8)16-27-14(22)26-15(28-16)25-11-4-2-9(3-5-11)17(19,20)21/h2-7H,1H3,(H3,22,25,26,27,28). The molecule has 8 nitrogen and oxygen atoms in total. The summed E-state index contributed by atoms with van der Waals surface area (Å²) in [7, 11) is 0. The zero-order valence-corrected chi connectivity index (χ0v) is 15.5. The number of fused-ring (bicyclic) bond motifs is 1. The molecule has 0 bridgehead atoms. The van der Waals surface area contributed by atoms with Crippen LogP contribution in [-0.4, -0.2) is 29.5 Å². The molecular formula is C17H12ClF3N8. The molecule has 4 rings (SSSR count). The lowest BCUT2D eigenvalue weighted by Gasteiger charge is -2.10. The number of rotatable bonds is 3. The van der Waals surface area contributed by atoms with E-state index in [4.69, 9.17) is 17.3 Å². The Labute approximate surface area is 166 Å². The van der Waals surface area contributed by atoms with Gasteiger partial charge in [0.25, 0.3) is 0 Å². The number of anilines is 3. The summed E-state index contributed by atoms with van der Waals surface area (Å²) >= 11 is 6.03. The molecule has 0 saturated carbocycles. The maximum absolute atomic E-state index is 12.7. The van der Waals surface area contributed by atoms with Gasteiger partial charge in [-0.05, 0) is 37.3 Å². The first-order valence-electron chi connectivity index (χ1n) is 8.17. The van der Waals surface area contributed by atoms with Crippen LogP contribution in [0.5, 0.6) is 0 Å². The van der Waals surface area contributed by atoms with E-state index in [1.54, 1.807) is 17.6 Å². The van der Waals surface area contributed by atoms with Gasteiger partial charge in [-0.3, -0.25) is 4.57 Å². The molecule has 29 heavy (non-hydrogen) atoms. The second-order valence-corrected chi connectivity index (χ2v) is 6.44. The minimum Gasteiger partial charge on any atom is -0.368 e. The van der Waals surface area contributed by atoms with Crippen LogP contribution in [0.25, 0.3) is 17.1 Å². The number of alkyl halides is 3. The summed E-state index contributed by atoms with van der Waals surface area (Å²) in [5.41, 5.74) is 6.41. The number of aromatic nitrogens is 6. The van der Waals surface area contributed by atoms with Crippen LogP contribution in [0.1, 0.15) is 11.4 Å². The molecule has 0 amide bonds. The third kappa shape index (κ3) is 3.76. The third-order valence-corrected chi connectivity index (χ3v) is 4.16. The topological polar surface area (TPSA) is 107 Å². The monoisotopic (exact) mass is 420 g/mol. The maximum atomic E-state index is 12.7. The number of benzene rings is 1. The molecule has 0 spiro atoms. The van der Waals surface area contributed by atoms with Crippen molar-refractivity contribution in [1.29, 1.82) is 0 Å². The van der Waals surface area contributed by atoms with Gasteiger partial charge in [0.15, 0.2) is 5.65 Å². The Morgan fingerprint density at radius 1 is 1.07 bits per heavy atom. The van der Waals surface area contributed by atoms with Crippen molar-refractivity contribution in [2.24, 2.45) is 0 Å². The number of hydrogen-bond acceptors (Lipinski definition) is 7. The van der Waals surface area contributed by atoms with Crippen LogP contribution in [0, 0.1) is 6.92 Å². The van der Waals surface area contributed by atoms with E-state index in [0.717, 1.165) is 12.1 Å². The van der Waals surface area contributed by atoms with Crippen LogP contribution in [-0.2, 0) is 6.18 Å². The van der Waals surface area contributed by atoms with E-state index < -0.39 is 11.7 Å². The van der Waals surface area contributed by atoms with Crippen LogP contribution in [0.2, 0.25) is 5.02 Å². The van der Waals surface area contributed by atoms with Crippen molar-refractivity contribution in [3.8, 4) is 5.95 Å². The Morgan fingerprint density at radius 3 is 2.48 bits per heavy atom. The van der Waals surface area contributed by atoms with Crippen LogP contribution in [0.3, 0.4) is 0 Å². The molecule has 3 heterocycles. The van der Waals surface area contributed by atoms with Gasteiger partial charge >= 0.3 is 6.18 Å². The number of nitrogens with zero attached hydrogens (tertiary/aromatic N) is 6. The molecule has 0 fully saturated rings. The zero-order valence-electron chi connectivity index (χ0n) is 14.7. The van der Waals surface area contributed by atoms with Crippen molar-refractivity contribution < 1.29 is 13.2 Å². The highest BCUT2D eigenvalue weighted by molar-refractivity contribution is 6.31. The lowest BCUT2D eigenvalue weighted by atomic mass is 10.2. The number of nitrogens with one attached hydrogen (secondary N) is 1. The largest absolute Gasteiger partial charge is 0.416 e. The Kier molecular flexibility index (Phi) is 4.46. The second-order valence-electron chi connectivity index (χ2n) is 6.01. The molecule has 3 aromatic heterocycles. The number of halogens is 4. The number of nitrogen functional groups attached to an aromatic ring is 1. The van der Waals surface area contributed by atoms with Crippen molar-refractivity contribution >= 4 is 40.3 Å². The number of pyridine rings is 1. The van der Waals surface area contributed by atoms with Crippen LogP contribution in [0.15, 0.2) is 36.5 Å².